The van der Waals surface area contributed by atoms with E-state index in [0.29, 0.717) is 16.6 Å². The molecule has 3 aromatic rings. The van der Waals surface area contributed by atoms with Crippen LogP contribution in [0.25, 0.3) is 0 Å². The monoisotopic (exact) mass is 451 g/mol. The van der Waals surface area contributed by atoms with E-state index in [2.05, 4.69) is 25.3 Å². The van der Waals surface area contributed by atoms with Crippen molar-refractivity contribution in [3.63, 3.8) is 0 Å². The van der Waals surface area contributed by atoms with Gasteiger partial charge in [-0.25, -0.2) is 14.2 Å². The highest BCUT2D eigenvalue weighted by Crippen LogP contribution is 2.40. The number of aromatic nitrogens is 4. The third-order valence-electron chi connectivity index (χ3n) is 4.66. The number of thioether (sulfide) groups is 1. The van der Waals surface area contributed by atoms with E-state index in [0.717, 1.165) is 18.5 Å². The van der Waals surface area contributed by atoms with Gasteiger partial charge in [0, 0.05) is 17.3 Å². The molecule has 2 aromatic heterocycles. The Kier molecular flexibility index (Phi) is 6.13. The lowest BCUT2D eigenvalue weighted by Crippen LogP contribution is -2.13. The van der Waals surface area contributed by atoms with Crippen molar-refractivity contribution in [1.29, 1.82) is 5.26 Å². The van der Waals surface area contributed by atoms with Crippen LogP contribution in [0.15, 0.2) is 35.4 Å². The highest BCUT2D eigenvalue weighted by atomic mass is 32.2. The van der Waals surface area contributed by atoms with Gasteiger partial charge in [-0.15, -0.1) is 11.8 Å². The number of hydrogen-bond donors (Lipinski definition) is 2. The van der Waals surface area contributed by atoms with Crippen molar-refractivity contribution < 1.29 is 13.9 Å². The number of nitrogen functional groups attached to an aromatic ring is 1. The lowest BCUT2D eigenvalue weighted by atomic mass is 10.1. The molecule has 4 rings (SSSR count). The molecule has 162 valence electrons. The number of benzene rings is 1. The Morgan fingerprint density at radius 1 is 1.28 bits per heavy atom. The van der Waals surface area contributed by atoms with E-state index in [9.17, 15) is 14.4 Å². The molecule has 9 nitrogen and oxygen atoms in total. The molecule has 1 aliphatic rings. The van der Waals surface area contributed by atoms with Crippen molar-refractivity contribution in [2.45, 2.75) is 30.4 Å². The molecular weight excluding hydrogens is 433 g/mol. The van der Waals surface area contributed by atoms with Crippen LogP contribution in [-0.4, -0.2) is 32.2 Å². The molecule has 0 saturated heterocycles. The van der Waals surface area contributed by atoms with Crippen molar-refractivity contribution in [1.82, 2.24) is 19.9 Å². The number of nitriles is 1. The van der Waals surface area contributed by atoms with Crippen LogP contribution < -0.4 is 11.1 Å². The molecule has 11 heteroatoms. The number of anilines is 3. The molecule has 1 aliphatic carbocycles. The minimum Gasteiger partial charge on any atom is -0.454 e. The quantitative estimate of drug-likeness (QED) is 0.405. The SMILES string of the molecule is CSc1nc(C2CC2)cc(C(=O)OCc2nc(N)nc(Nc3ccc(F)cc3)n2)c1C#N. The predicted molar refractivity (Wildman–Crippen MR) is 116 cm³/mol. The summed E-state index contributed by atoms with van der Waals surface area (Å²) in [6.07, 6.45) is 3.82. The summed E-state index contributed by atoms with van der Waals surface area (Å²) in [7, 11) is 0. The first-order valence-electron chi connectivity index (χ1n) is 9.66. The van der Waals surface area contributed by atoms with E-state index in [4.69, 9.17) is 10.5 Å². The van der Waals surface area contributed by atoms with Crippen molar-refractivity contribution in [2.24, 2.45) is 0 Å². The maximum absolute atomic E-state index is 13.1. The van der Waals surface area contributed by atoms with E-state index >= 15 is 0 Å². The highest BCUT2D eigenvalue weighted by molar-refractivity contribution is 7.98. The van der Waals surface area contributed by atoms with Crippen LogP contribution >= 0.6 is 11.8 Å². The number of rotatable bonds is 7. The summed E-state index contributed by atoms with van der Waals surface area (Å²) >= 11 is 1.31. The van der Waals surface area contributed by atoms with Crippen LogP contribution in [0.5, 0.6) is 0 Å². The fourth-order valence-electron chi connectivity index (χ4n) is 2.97. The second-order valence-corrected chi connectivity index (χ2v) is 7.80. The van der Waals surface area contributed by atoms with Gasteiger partial charge >= 0.3 is 5.97 Å². The number of carbonyl (C=O) groups excluding carboxylic acids is 1. The predicted octanol–water partition coefficient (Wildman–Crippen LogP) is 3.56. The maximum Gasteiger partial charge on any atom is 0.340 e. The fourth-order valence-corrected chi connectivity index (χ4v) is 3.53. The van der Waals surface area contributed by atoms with Gasteiger partial charge < -0.3 is 15.8 Å². The second-order valence-electron chi connectivity index (χ2n) is 7.01. The van der Waals surface area contributed by atoms with Gasteiger partial charge in [-0.05, 0) is 49.4 Å². The van der Waals surface area contributed by atoms with Crippen molar-refractivity contribution >= 4 is 35.3 Å². The summed E-state index contributed by atoms with van der Waals surface area (Å²) in [6.45, 7) is -0.274. The normalized spacial score (nSPS) is 12.8. The van der Waals surface area contributed by atoms with E-state index < -0.39 is 5.97 Å². The summed E-state index contributed by atoms with van der Waals surface area (Å²) < 4.78 is 18.5. The molecule has 0 bridgehead atoms. The van der Waals surface area contributed by atoms with Gasteiger partial charge in [-0.2, -0.15) is 20.2 Å². The molecule has 32 heavy (non-hydrogen) atoms. The maximum atomic E-state index is 13.1. The zero-order valence-electron chi connectivity index (χ0n) is 17.0. The Labute approximate surface area is 187 Å². The lowest BCUT2D eigenvalue weighted by Gasteiger charge is -2.11. The first-order valence-corrected chi connectivity index (χ1v) is 10.9. The van der Waals surface area contributed by atoms with Gasteiger partial charge in [-0.3, -0.25) is 0 Å². The summed E-state index contributed by atoms with van der Waals surface area (Å²) in [4.78, 5) is 29.4. The van der Waals surface area contributed by atoms with Gasteiger partial charge in [0.25, 0.3) is 0 Å². The number of nitrogens with one attached hydrogen (secondary N) is 1. The molecule has 1 aromatic carbocycles. The van der Waals surface area contributed by atoms with E-state index in [1.165, 1.54) is 36.0 Å². The van der Waals surface area contributed by atoms with Crippen molar-refractivity contribution in [3.8, 4) is 6.07 Å². The van der Waals surface area contributed by atoms with Crippen LogP contribution in [0, 0.1) is 17.1 Å². The zero-order chi connectivity index (χ0) is 22.7. The Hall–Kier alpha value is -3.78. The van der Waals surface area contributed by atoms with Gasteiger partial charge in [0.15, 0.2) is 12.4 Å². The van der Waals surface area contributed by atoms with Gasteiger partial charge in [-0.1, -0.05) is 0 Å². The zero-order valence-corrected chi connectivity index (χ0v) is 17.8. The van der Waals surface area contributed by atoms with E-state index in [1.54, 1.807) is 12.3 Å². The van der Waals surface area contributed by atoms with E-state index in [-0.39, 0.29) is 41.3 Å². The molecule has 3 N–H and O–H groups in total. The number of halogens is 1. The highest BCUT2D eigenvalue weighted by Gasteiger charge is 2.29. The molecule has 0 unspecified atom stereocenters. The second kappa shape index (κ2) is 9.15. The molecule has 0 amide bonds. The Bertz CT molecular complexity index is 1210. The van der Waals surface area contributed by atoms with Gasteiger partial charge in [0.1, 0.15) is 16.9 Å². The van der Waals surface area contributed by atoms with Crippen LogP contribution in [0.3, 0.4) is 0 Å². The number of hydrogen-bond acceptors (Lipinski definition) is 10. The first-order chi connectivity index (χ1) is 15.5. The molecule has 2 heterocycles. The van der Waals surface area contributed by atoms with Crippen LogP contribution in [-0.2, 0) is 11.3 Å². The fraction of sp³-hybridized carbons (Fsp3) is 0.238. The Morgan fingerprint density at radius 3 is 2.69 bits per heavy atom. The molecule has 1 fully saturated rings. The standard InChI is InChI=1S/C21H18FN7O2S/c1-32-18-15(9-23)14(8-16(26-18)11-2-3-11)19(30)31-10-17-27-20(24)29-21(28-17)25-13-6-4-12(22)5-7-13/h4-8,11H,2-3,10H2,1H3,(H3,24,25,27,28,29). The minimum atomic E-state index is -0.673. The average molecular weight is 451 g/mol. The van der Waals surface area contributed by atoms with Crippen LogP contribution in [0.4, 0.5) is 22.0 Å². The Morgan fingerprint density at radius 2 is 2.03 bits per heavy atom. The molecular formula is C21H18FN7O2S. The third-order valence-corrected chi connectivity index (χ3v) is 5.34. The molecule has 0 radical (unpaired) electrons. The topological polar surface area (TPSA) is 140 Å². The molecule has 0 aliphatic heterocycles. The largest absolute Gasteiger partial charge is 0.454 e. The van der Waals surface area contributed by atoms with Crippen LogP contribution in [0.1, 0.15) is 46.2 Å². The minimum absolute atomic E-state index is 0.0713. The molecule has 1 saturated carbocycles. The summed E-state index contributed by atoms with van der Waals surface area (Å²) in [5.74, 6) is -0.566. The number of pyridine rings is 1. The number of carbonyl (C=O) groups is 1. The van der Waals surface area contributed by atoms with Crippen LogP contribution in [0.2, 0.25) is 0 Å². The smallest absolute Gasteiger partial charge is 0.340 e. The summed E-state index contributed by atoms with van der Waals surface area (Å²) in [6, 6.07) is 9.28. The van der Waals surface area contributed by atoms with Crippen molar-refractivity contribution in [3.05, 3.63) is 58.8 Å². The first kappa shape index (κ1) is 21.5. The number of nitrogens with two attached hydrogens (primary N) is 1. The number of ether oxygens (including phenoxy) is 1. The van der Waals surface area contributed by atoms with Gasteiger partial charge in [0.2, 0.25) is 11.9 Å². The van der Waals surface area contributed by atoms with Crippen molar-refractivity contribution in [2.75, 3.05) is 17.3 Å². The Balaban J connectivity index is 1.52. The molecule has 0 atom stereocenters. The lowest BCUT2D eigenvalue weighted by molar-refractivity contribution is 0.0461. The third kappa shape index (κ3) is 4.92. The molecule has 0 spiro atoms. The van der Waals surface area contributed by atoms with E-state index in [1.807, 2.05) is 6.07 Å². The van der Waals surface area contributed by atoms with Gasteiger partial charge in [0.05, 0.1) is 11.1 Å². The average Bonchev–Trinajstić information content (AvgIpc) is 3.63. The summed E-state index contributed by atoms with van der Waals surface area (Å²) in [5.41, 5.74) is 7.43. The summed E-state index contributed by atoms with van der Waals surface area (Å²) in [5, 5.41) is 12.9. The number of nitrogens with zero attached hydrogens (tertiary/aromatic N) is 5. The number of esters is 1.